The van der Waals surface area contributed by atoms with E-state index in [4.69, 9.17) is 14.2 Å². The van der Waals surface area contributed by atoms with Crippen molar-refractivity contribution in [1.82, 2.24) is 20.4 Å². The third kappa shape index (κ3) is 4.44. The molecule has 8 nitrogen and oxygen atoms in total. The second kappa shape index (κ2) is 9.26. The zero-order valence-corrected chi connectivity index (χ0v) is 17.8. The summed E-state index contributed by atoms with van der Waals surface area (Å²) >= 11 is 0. The average molecular weight is 422 g/mol. The van der Waals surface area contributed by atoms with Gasteiger partial charge in [0.2, 0.25) is 5.76 Å². The number of ether oxygens (including phenoxy) is 1. The molecule has 2 amide bonds. The van der Waals surface area contributed by atoms with Crippen LogP contribution in [0.2, 0.25) is 0 Å². The van der Waals surface area contributed by atoms with Gasteiger partial charge in [0, 0.05) is 49.8 Å². The number of rotatable bonds is 7. The summed E-state index contributed by atoms with van der Waals surface area (Å²) in [6.45, 7) is 3.98. The number of pyridine rings is 1. The molecule has 1 unspecified atom stereocenters. The Kier molecular flexibility index (Phi) is 6.27. The van der Waals surface area contributed by atoms with Crippen LogP contribution in [0, 0.1) is 0 Å². The fraction of sp³-hybridized carbons (Fsp3) is 0.391. The van der Waals surface area contributed by atoms with Crippen LogP contribution in [0.5, 0.6) is 0 Å². The lowest BCUT2D eigenvalue weighted by molar-refractivity contribution is 0.0748. The standard InChI is InChI=1S/C23H26N4O4/c1-3-16-12-21(31-26-16)23(29)27-10-8-15(14-27)20-13-18(22(28)24-9-11-30-2)17-6-4-5-7-19(17)25-20/h4-7,12-13,15H,3,8-11,14H2,1-2H3,(H,24,28). The number of hydrogen-bond donors (Lipinski definition) is 1. The summed E-state index contributed by atoms with van der Waals surface area (Å²) in [6, 6.07) is 11.2. The summed E-state index contributed by atoms with van der Waals surface area (Å²) in [5.41, 5.74) is 2.94. The Labute approximate surface area is 180 Å². The summed E-state index contributed by atoms with van der Waals surface area (Å²) in [6.07, 6.45) is 1.49. The van der Waals surface area contributed by atoms with Crippen LogP contribution in [-0.2, 0) is 11.2 Å². The van der Waals surface area contributed by atoms with E-state index < -0.39 is 0 Å². The van der Waals surface area contributed by atoms with Crippen LogP contribution in [0.15, 0.2) is 40.9 Å². The molecule has 31 heavy (non-hydrogen) atoms. The Morgan fingerprint density at radius 2 is 2.13 bits per heavy atom. The number of para-hydroxylation sites is 1. The van der Waals surface area contributed by atoms with Gasteiger partial charge in [0.15, 0.2) is 0 Å². The summed E-state index contributed by atoms with van der Waals surface area (Å²) in [5, 5.41) is 7.61. The number of fused-ring (bicyclic) bond motifs is 1. The van der Waals surface area contributed by atoms with Crippen LogP contribution >= 0.6 is 0 Å². The zero-order chi connectivity index (χ0) is 21.8. The van der Waals surface area contributed by atoms with Gasteiger partial charge in [-0.05, 0) is 25.0 Å². The highest BCUT2D eigenvalue weighted by atomic mass is 16.5. The van der Waals surface area contributed by atoms with Gasteiger partial charge in [0.05, 0.1) is 23.4 Å². The Morgan fingerprint density at radius 3 is 2.90 bits per heavy atom. The van der Waals surface area contributed by atoms with Crippen LogP contribution in [-0.4, -0.2) is 60.2 Å². The second-order valence-corrected chi connectivity index (χ2v) is 7.63. The van der Waals surface area contributed by atoms with Crippen LogP contribution in [0.25, 0.3) is 10.9 Å². The molecule has 0 bridgehead atoms. The van der Waals surface area contributed by atoms with E-state index in [0.717, 1.165) is 35.1 Å². The minimum atomic E-state index is -0.159. The molecule has 3 aromatic rings. The summed E-state index contributed by atoms with van der Waals surface area (Å²) < 4.78 is 10.2. The number of amides is 2. The molecule has 162 valence electrons. The SMILES string of the molecule is CCc1cc(C(=O)N2CCC(c3cc(C(=O)NCCOC)c4ccccc4n3)C2)on1. The van der Waals surface area contributed by atoms with Crippen molar-refractivity contribution in [2.75, 3.05) is 33.4 Å². The van der Waals surface area contributed by atoms with Crippen LogP contribution in [0.1, 0.15) is 51.6 Å². The van der Waals surface area contributed by atoms with E-state index in [2.05, 4.69) is 10.5 Å². The van der Waals surface area contributed by atoms with E-state index in [9.17, 15) is 9.59 Å². The van der Waals surface area contributed by atoms with Crippen LogP contribution in [0.3, 0.4) is 0 Å². The first kappa shape index (κ1) is 21.0. The van der Waals surface area contributed by atoms with Crippen molar-refractivity contribution in [2.45, 2.75) is 25.7 Å². The van der Waals surface area contributed by atoms with Crippen LogP contribution < -0.4 is 5.32 Å². The van der Waals surface area contributed by atoms with Gasteiger partial charge in [0.25, 0.3) is 11.8 Å². The predicted molar refractivity (Wildman–Crippen MR) is 115 cm³/mol. The van der Waals surface area contributed by atoms with Gasteiger partial charge in [-0.2, -0.15) is 0 Å². The minimum Gasteiger partial charge on any atom is -0.383 e. The van der Waals surface area contributed by atoms with Gasteiger partial charge in [0.1, 0.15) is 0 Å². The topological polar surface area (TPSA) is 97.6 Å². The summed E-state index contributed by atoms with van der Waals surface area (Å²) in [5.74, 6) is -0.000524. The lowest BCUT2D eigenvalue weighted by Crippen LogP contribution is -2.28. The highest BCUT2D eigenvalue weighted by Crippen LogP contribution is 2.30. The second-order valence-electron chi connectivity index (χ2n) is 7.63. The first-order valence-electron chi connectivity index (χ1n) is 10.5. The number of benzene rings is 1. The molecule has 1 saturated heterocycles. The fourth-order valence-corrected chi connectivity index (χ4v) is 3.88. The highest BCUT2D eigenvalue weighted by molar-refractivity contribution is 6.06. The van der Waals surface area contributed by atoms with Gasteiger partial charge < -0.3 is 19.5 Å². The van der Waals surface area contributed by atoms with Gasteiger partial charge in [-0.15, -0.1) is 0 Å². The van der Waals surface area contributed by atoms with Crippen molar-refractivity contribution in [2.24, 2.45) is 0 Å². The number of aryl methyl sites for hydroxylation is 1. The number of aromatic nitrogens is 2. The van der Waals surface area contributed by atoms with Gasteiger partial charge in [-0.25, -0.2) is 0 Å². The van der Waals surface area contributed by atoms with E-state index in [1.807, 2.05) is 37.3 Å². The monoisotopic (exact) mass is 422 g/mol. The van der Waals surface area contributed by atoms with E-state index in [-0.39, 0.29) is 23.5 Å². The molecule has 1 aromatic carbocycles. The smallest absolute Gasteiger partial charge is 0.292 e. The molecule has 4 rings (SSSR count). The third-order valence-corrected chi connectivity index (χ3v) is 5.60. The van der Waals surface area contributed by atoms with E-state index in [1.54, 1.807) is 18.1 Å². The molecule has 3 heterocycles. The molecule has 1 N–H and O–H groups in total. The normalized spacial score (nSPS) is 16.1. The molecule has 8 heteroatoms. The average Bonchev–Trinajstić information content (AvgIpc) is 3.48. The Balaban J connectivity index is 1.56. The van der Waals surface area contributed by atoms with Crippen LogP contribution in [0.4, 0.5) is 0 Å². The molecule has 1 aliphatic rings. The Bertz CT molecular complexity index is 1090. The zero-order valence-electron chi connectivity index (χ0n) is 17.8. The summed E-state index contributed by atoms with van der Waals surface area (Å²) in [7, 11) is 1.60. The first-order chi connectivity index (χ1) is 15.1. The molecule has 2 aromatic heterocycles. The molecule has 1 atom stereocenters. The quantitative estimate of drug-likeness (QED) is 0.588. The molecular weight excluding hydrogens is 396 g/mol. The predicted octanol–water partition coefficient (Wildman–Crippen LogP) is 2.79. The number of carbonyl (C=O) groups excluding carboxylic acids is 2. The maximum Gasteiger partial charge on any atom is 0.292 e. The molecule has 0 radical (unpaired) electrons. The van der Waals surface area contributed by atoms with Crippen molar-refractivity contribution < 1.29 is 18.8 Å². The lowest BCUT2D eigenvalue weighted by Gasteiger charge is -2.16. The van der Waals surface area contributed by atoms with Gasteiger partial charge in [-0.1, -0.05) is 30.3 Å². The van der Waals surface area contributed by atoms with E-state index in [1.165, 1.54) is 0 Å². The Morgan fingerprint density at radius 1 is 1.29 bits per heavy atom. The molecule has 1 fully saturated rings. The van der Waals surface area contributed by atoms with Crippen molar-refractivity contribution in [3.05, 3.63) is 59.1 Å². The molecule has 0 saturated carbocycles. The van der Waals surface area contributed by atoms with Gasteiger partial charge >= 0.3 is 0 Å². The van der Waals surface area contributed by atoms with E-state index >= 15 is 0 Å². The third-order valence-electron chi connectivity index (χ3n) is 5.60. The number of methoxy groups -OCH3 is 1. The molecule has 0 spiro atoms. The maximum atomic E-state index is 12.8. The number of hydrogen-bond acceptors (Lipinski definition) is 6. The fourth-order valence-electron chi connectivity index (χ4n) is 3.88. The number of carbonyl (C=O) groups is 2. The number of nitrogens with one attached hydrogen (secondary N) is 1. The molecular formula is C23H26N4O4. The number of likely N-dealkylation sites (tertiary alicyclic amines) is 1. The van der Waals surface area contributed by atoms with E-state index in [0.29, 0.717) is 31.8 Å². The van der Waals surface area contributed by atoms with Gasteiger partial charge in [-0.3, -0.25) is 14.6 Å². The number of nitrogens with zero attached hydrogens (tertiary/aromatic N) is 3. The van der Waals surface area contributed by atoms with Crippen molar-refractivity contribution in [1.29, 1.82) is 0 Å². The highest BCUT2D eigenvalue weighted by Gasteiger charge is 2.31. The maximum absolute atomic E-state index is 12.8. The first-order valence-corrected chi connectivity index (χ1v) is 10.5. The molecule has 1 aliphatic heterocycles. The summed E-state index contributed by atoms with van der Waals surface area (Å²) in [4.78, 5) is 32.2. The van der Waals surface area contributed by atoms with Crippen molar-refractivity contribution >= 4 is 22.7 Å². The van der Waals surface area contributed by atoms with Crippen molar-refractivity contribution in [3.8, 4) is 0 Å². The Hall–Kier alpha value is -3.26. The minimum absolute atomic E-state index is 0.0487. The largest absolute Gasteiger partial charge is 0.383 e. The lowest BCUT2D eigenvalue weighted by atomic mass is 9.99. The van der Waals surface area contributed by atoms with Crippen molar-refractivity contribution in [3.63, 3.8) is 0 Å². The molecule has 0 aliphatic carbocycles.